The number of benzene rings is 9. The molecule has 1 aromatic heterocycles. The quantitative estimate of drug-likeness (QED) is 0.161. The van der Waals surface area contributed by atoms with Crippen LogP contribution in [0.2, 0.25) is 0 Å². The van der Waals surface area contributed by atoms with Gasteiger partial charge in [0, 0.05) is 30.7 Å². The summed E-state index contributed by atoms with van der Waals surface area (Å²) in [5.74, 6) is 0. The third kappa shape index (κ3) is 5.35. The van der Waals surface area contributed by atoms with Crippen LogP contribution in [0.1, 0.15) is 0 Å². The van der Waals surface area contributed by atoms with Crippen LogP contribution < -0.4 is 25.6 Å². The van der Waals surface area contributed by atoms with Crippen LogP contribution in [0.4, 0.5) is 17.1 Å². The molecule has 0 N–H and O–H groups in total. The van der Waals surface area contributed by atoms with E-state index in [1.165, 1.54) is 68.3 Å². The third-order valence-electron chi connectivity index (χ3n) is 12.0. The molecule has 3 heterocycles. The molecule has 0 bridgehead atoms. The van der Waals surface area contributed by atoms with Crippen molar-refractivity contribution in [2.24, 2.45) is 0 Å². The van der Waals surface area contributed by atoms with Gasteiger partial charge in [-0.3, -0.25) is 0 Å². The van der Waals surface area contributed by atoms with E-state index >= 15 is 0 Å². The monoisotopic (exact) mass is 805 g/mol. The summed E-state index contributed by atoms with van der Waals surface area (Å²) < 4.78 is 6.53. The highest BCUT2D eigenvalue weighted by atomic mass is 32.2. The van der Waals surface area contributed by atoms with Crippen LogP contribution in [-0.4, -0.2) is 8.07 Å². The summed E-state index contributed by atoms with van der Waals surface area (Å²) in [6.07, 6.45) is 0. The molecule has 12 rings (SSSR count). The van der Waals surface area contributed by atoms with Crippen molar-refractivity contribution in [2.75, 3.05) is 4.90 Å². The van der Waals surface area contributed by atoms with Gasteiger partial charge in [0.1, 0.15) is 11.2 Å². The molecule has 278 valence electrons. The number of fused-ring (bicyclic) bond motifs is 11. The van der Waals surface area contributed by atoms with Crippen LogP contribution in [0.15, 0.2) is 236 Å². The van der Waals surface area contributed by atoms with E-state index in [0.717, 1.165) is 33.3 Å². The van der Waals surface area contributed by atoms with E-state index in [1.807, 2.05) is 23.5 Å². The predicted octanol–water partition coefficient (Wildman–Crippen LogP) is 12.7. The van der Waals surface area contributed by atoms with Crippen LogP contribution >= 0.6 is 23.5 Å². The SMILES string of the molecule is c1ccc(-c2ccc(-c3ccc(N(c4cccc5c4Sc4ccccc4[Si]54c5ccccc5Sc5ccccc54)c4cccc5oc6ccccc6c45)cc3)cc2)cc1. The van der Waals surface area contributed by atoms with Crippen molar-refractivity contribution in [2.45, 2.75) is 19.6 Å². The number of nitrogens with zero attached hydrogens (tertiary/aromatic N) is 1. The Bertz CT molecular complexity index is 3170. The Kier molecular flexibility index (Phi) is 8.08. The minimum Gasteiger partial charge on any atom is -0.456 e. The number of para-hydroxylation sites is 1. The van der Waals surface area contributed by atoms with Crippen LogP contribution in [-0.2, 0) is 0 Å². The molecule has 5 heteroatoms. The Hall–Kier alpha value is -6.50. The molecule has 59 heavy (non-hydrogen) atoms. The number of furan rings is 1. The van der Waals surface area contributed by atoms with Crippen molar-refractivity contribution in [1.82, 2.24) is 0 Å². The van der Waals surface area contributed by atoms with E-state index in [0.29, 0.717) is 0 Å². The molecule has 2 aliphatic heterocycles. The summed E-state index contributed by atoms with van der Waals surface area (Å²) in [4.78, 5) is 7.84. The second kappa shape index (κ2) is 13.8. The number of hydrogen-bond donors (Lipinski definition) is 0. The molecule has 0 amide bonds. The van der Waals surface area contributed by atoms with Gasteiger partial charge >= 0.3 is 0 Å². The molecule has 0 saturated carbocycles. The first-order chi connectivity index (χ1) is 29.3. The van der Waals surface area contributed by atoms with E-state index in [2.05, 4.69) is 217 Å². The number of hydrogen-bond acceptors (Lipinski definition) is 4. The zero-order valence-electron chi connectivity index (χ0n) is 31.9. The van der Waals surface area contributed by atoms with Gasteiger partial charge in [-0.05, 0) is 97.6 Å². The summed E-state index contributed by atoms with van der Waals surface area (Å²) in [6, 6.07) is 78.1. The predicted molar refractivity (Wildman–Crippen MR) is 251 cm³/mol. The zero-order valence-corrected chi connectivity index (χ0v) is 34.5. The Morgan fingerprint density at radius 2 is 0.831 bits per heavy atom. The highest BCUT2D eigenvalue weighted by Gasteiger charge is 2.51. The molecule has 0 atom stereocenters. The summed E-state index contributed by atoms with van der Waals surface area (Å²) in [5, 5.41) is 8.05. The van der Waals surface area contributed by atoms with E-state index in [4.69, 9.17) is 4.42 Å². The van der Waals surface area contributed by atoms with Crippen LogP contribution in [0, 0.1) is 0 Å². The summed E-state index contributed by atoms with van der Waals surface area (Å²) in [7, 11) is -2.79. The fourth-order valence-corrected chi connectivity index (χ4v) is 18.7. The van der Waals surface area contributed by atoms with Crippen molar-refractivity contribution in [3.8, 4) is 22.3 Å². The minimum absolute atomic E-state index is 0.879. The van der Waals surface area contributed by atoms with Gasteiger partial charge in [0.15, 0.2) is 8.07 Å². The van der Waals surface area contributed by atoms with Gasteiger partial charge in [0.2, 0.25) is 0 Å². The van der Waals surface area contributed by atoms with E-state index in [1.54, 1.807) is 0 Å². The maximum absolute atomic E-state index is 6.53. The second-order valence-electron chi connectivity index (χ2n) is 15.2. The lowest BCUT2D eigenvalue weighted by Crippen LogP contribution is -2.78. The van der Waals surface area contributed by atoms with Gasteiger partial charge in [0.25, 0.3) is 0 Å². The molecule has 2 aliphatic rings. The summed E-state index contributed by atoms with van der Waals surface area (Å²) >= 11 is 3.83. The van der Waals surface area contributed by atoms with Gasteiger partial charge in [-0.2, -0.15) is 0 Å². The Morgan fingerprint density at radius 1 is 0.356 bits per heavy atom. The van der Waals surface area contributed by atoms with Gasteiger partial charge in [-0.15, -0.1) is 0 Å². The highest BCUT2D eigenvalue weighted by Crippen LogP contribution is 2.49. The first kappa shape index (κ1) is 34.5. The fraction of sp³-hybridized carbons (Fsp3) is 0. The first-order valence-corrected chi connectivity index (χ1v) is 23.6. The lowest BCUT2D eigenvalue weighted by atomic mass is 10.00. The second-order valence-corrected chi connectivity index (χ2v) is 21.0. The smallest absolute Gasteiger partial charge is 0.184 e. The molecule has 10 aromatic rings. The first-order valence-electron chi connectivity index (χ1n) is 20.0. The average molecular weight is 806 g/mol. The van der Waals surface area contributed by atoms with Crippen molar-refractivity contribution in [3.63, 3.8) is 0 Å². The molecule has 0 fully saturated rings. The molecule has 0 radical (unpaired) electrons. The Balaban J connectivity index is 1.10. The molecular weight excluding hydrogens is 771 g/mol. The molecule has 9 aromatic carbocycles. The largest absolute Gasteiger partial charge is 0.456 e. The zero-order chi connectivity index (χ0) is 38.9. The van der Waals surface area contributed by atoms with Crippen LogP contribution in [0.25, 0.3) is 44.2 Å². The van der Waals surface area contributed by atoms with Crippen LogP contribution in [0.3, 0.4) is 0 Å². The third-order valence-corrected chi connectivity index (χ3v) is 20.1. The summed E-state index contributed by atoms with van der Waals surface area (Å²) in [5.41, 5.74) is 9.93. The van der Waals surface area contributed by atoms with Crippen LogP contribution in [0.5, 0.6) is 0 Å². The Morgan fingerprint density at radius 3 is 1.49 bits per heavy atom. The lowest BCUT2D eigenvalue weighted by Gasteiger charge is -2.44. The van der Waals surface area contributed by atoms with Crippen molar-refractivity contribution in [1.29, 1.82) is 0 Å². The number of anilines is 3. The molecule has 0 aliphatic carbocycles. The minimum atomic E-state index is -2.79. The van der Waals surface area contributed by atoms with Crippen molar-refractivity contribution in [3.05, 3.63) is 212 Å². The van der Waals surface area contributed by atoms with E-state index < -0.39 is 8.07 Å². The molecule has 0 unspecified atom stereocenters. The Labute approximate surface area is 352 Å². The maximum atomic E-state index is 6.53. The average Bonchev–Trinajstić information content (AvgIpc) is 3.69. The van der Waals surface area contributed by atoms with Gasteiger partial charge in [-0.1, -0.05) is 181 Å². The lowest BCUT2D eigenvalue weighted by molar-refractivity contribution is 0.669. The van der Waals surface area contributed by atoms with Gasteiger partial charge < -0.3 is 9.32 Å². The topological polar surface area (TPSA) is 16.4 Å². The van der Waals surface area contributed by atoms with Crippen molar-refractivity contribution < 1.29 is 4.42 Å². The maximum Gasteiger partial charge on any atom is 0.184 e. The molecule has 2 nitrogen and oxygen atoms in total. The number of rotatable bonds is 5. The van der Waals surface area contributed by atoms with Gasteiger partial charge in [0.05, 0.1) is 16.8 Å². The van der Waals surface area contributed by atoms with E-state index in [-0.39, 0.29) is 0 Å². The normalized spacial score (nSPS) is 13.4. The molecular formula is C54H35NOS2Si. The fourth-order valence-electron chi connectivity index (χ4n) is 9.44. The van der Waals surface area contributed by atoms with Crippen molar-refractivity contribution >= 4 is 91.3 Å². The molecule has 0 saturated heterocycles. The summed E-state index contributed by atoms with van der Waals surface area (Å²) in [6.45, 7) is 0. The van der Waals surface area contributed by atoms with E-state index in [9.17, 15) is 0 Å². The molecule has 1 spiro atoms. The van der Waals surface area contributed by atoms with Gasteiger partial charge in [-0.25, -0.2) is 0 Å². The highest BCUT2D eigenvalue weighted by molar-refractivity contribution is 8.01. The standard InChI is InChI=1S/C54H35NOS2Si/c1-2-14-36(15-3-1)37-28-30-38(31-29-37)39-32-34-40(35-33-39)55(42-17-12-20-45-53(42)41-16-4-5-19-44(41)56-45)43-18-13-27-52-54(43)58-48-23-8-11-26-51(48)59(52)49-24-9-6-21-46(49)57-47-22-7-10-25-50(47)59/h1-35H.